The number of para-hydroxylation sites is 1. The number of ether oxygens (including phenoxy) is 5. The normalized spacial score (nSPS) is 30.6. The molecular weight excluding hydrogens is 454 g/mol. The fraction of sp³-hybridized carbons (Fsp3) is 0.533. The molecule has 0 N–H and O–H groups in total. The van der Waals surface area contributed by atoms with Gasteiger partial charge in [0, 0.05) is 17.9 Å². The van der Waals surface area contributed by atoms with Crippen LogP contribution in [0.3, 0.4) is 0 Å². The number of nitrogens with zero attached hydrogens (tertiary/aromatic N) is 1. The first-order chi connectivity index (χ1) is 17.1. The van der Waals surface area contributed by atoms with Crippen molar-refractivity contribution in [3.05, 3.63) is 47.0 Å². The molecule has 1 fully saturated rings. The zero-order valence-corrected chi connectivity index (χ0v) is 22.1. The van der Waals surface area contributed by atoms with Crippen molar-refractivity contribution in [2.24, 2.45) is 5.92 Å². The third kappa shape index (κ3) is 3.64. The summed E-state index contributed by atoms with van der Waals surface area (Å²) in [5.74, 6) is 10.7. The van der Waals surface area contributed by atoms with Crippen molar-refractivity contribution in [1.82, 2.24) is 0 Å². The van der Waals surface area contributed by atoms with Crippen molar-refractivity contribution < 1.29 is 28.2 Å². The molecular formula is C30H36NO5+. The number of hydrogen-bond acceptors (Lipinski definition) is 5. The van der Waals surface area contributed by atoms with E-state index < -0.39 is 5.60 Å². The lowest BCUT2D eigenvalue weighted by atomic mass is 9.73. The summed E-state index contributed by atoms with van der Waals surface area (Å²) in [4.78, 5) is 0. The van der Waals surface area contributed by atoms with E-state index in [0.29, 0.717) is 5.75 Å². The average Bonchev–Trinajstić information content (AvgIpc) is 3.30. The van der Waals surface area contributed by atoms with Gasteiger partial charge in [0.1, 0.15) is 17.0 Å². The van der Waals surface area contributed by atoms with Gasteiger partial charge in [-0.15, -0.1) is 0 Å². The van der Waals surface area contributed by atoms with Crippen LogP contribution in [-0.2, 0) is 11.2 Å². The number of likely N-dealkylation sites (N-methyl/N-ethyl adjacent to an activating group) is 1. The standard InChI is InChI=1S/C30H36NO5/c1-29(2)21-11-14-30(3,36-26(21)20-9-7-8-10-23(20)35-29)15-12-22-25-19(13-16-31(22,4)5)17-24-27(28(25)32-6)34-18-33-24/h7-10,17,21-22,26H,11,13-14,16,18H2,1-6H3/q+1/t21-,22-,26+,30-/m1/s1. The Balaban J connectivity index is 1.38. The quantitative estimate of drug-likeness (QED) is 0.406. The highest BCUT2D eigenvalue weighted by Crippen LogP contribution is 2.53. The highest BCUT2D eigenvalue weighted by Gasteiger charge is 2.50. The van der Waals surface area contributed by atoms with E-state index in [0.717, 1.165) is 58.7 Å². The van der Waals surface area contributed by atoms with Gasteiger partial charge >= 0.3 is 0 Å². The first-order valence-corrected chi connectivity index (χ1v) is 12.9. The summed E-state index contributed by atoms with van der Waals surface area (Å²) < 4.78 is 31.4. The Morgan fingerprint density at radius 3 is 2.69 bits per heavy atom. The van der Waals surface area contributed by atoms with Gasteiger partial charge < -0.3 is 28.2 Å². The molecule has 4 atom stereocenters. The van der Waals surface area contributed by atoms with Gasteiger partial charge in [0.15, 0.2) is 17.5 Å². The van der Waals surface area contributed by atoms with Crippen LogP contribution in [0.2, 0.25) is 0 Å². The first-order valence-electron chi connectivity index (χ1n) is 12.9. The van der Waals surface area contributed by atoms with Crippen LogP contribution in [-0.4, -0.2) is 50.2 Å². The molecule has 0 bridgehead atoms. The van der Waals surface area contributed by atoms with Crippen LogP contribution in [0.4, 0.5) is 0 Å². The number of rotatable bonds is 1. The molecule has 6 heteroatoms. The minimum atomic E-state index is -0.553. The van der Waals surface area contributed by atoms with Crippen LogP contribution < -0.4 is 18.9 Å². The van der Waals surface area contributed by atoms with E-state index in [-0.39, 0.29) is 30.5 Å². The second-order valence-corrected chi connectivity index (χ2v) is 11.8. The van der Waals surface area contributed by atoms with E-state index in [1.165, 1.54) is 5.56 Å². The Morgan fingerprint density at radius 2 is 1.89 bits per heavy atom. The van der Waals surface area contributed by atoms with E-state index in [4.69, 9.17) is 23.7 Å². The Morgan fingerprint density at radius 1 is 1.08 bits per heavy atom. The van der Waals surface area contributed by atoms with Crippen LogP contribution in [0.5, 0.6) is 23.0 Å². The van der Waals surface area contributed by atoms with Crippen LogP contribution in [0.25, 0.3) is 0 Å². The summed E-state index contributed by atoms with van der Waals surface area (Å²) in [7, 11) is 6.18. The Hall–Kier alpha value is -2.88. The molecule has 4 aliphatic heterocycles. The van der Waals surface area contributed by atoms with Crippen LogP contribution >= 0.6 is 0 Å². The lowest BCUT2D eigenvalue weighted by Crippen LogP contribution is -2.51. The topological polar surface area (TPSA) is 46.2 Å². The Labute approximate surface area is 214 Å². The molecule has 0 aromatic heterocycles. The summed E-state index contributed by atoms with van der Waals surface area (Å²) in [5, 5.41) is 0. The minimum Gasteiger partial charge on any atom is -0.492 e. The van der Waals surface area contributed by atoms with Crippen LogP contribution in [0.1, 0.15) is 62.4 Å². The van der Waals surface area contributed by atoms with E-state index in [2.05, 4.69) is 64.9 Å². The van der Waals surface area contributed by atoms with E-state index in [1.54, 1.807) is 7.11 Å². The fourth-order valence-electron chi connectivity index (χ4n) is 6.40. The van der Waals surface area contributed by atoms with Crippen molar-refractivity contribution in [3.8, 4) is 34.8 Å². The summed E-state index contributed by atoms with van der Waals surface area (Å²) in [6, 6.07) is 10.3. The first kappa shape index (κ1) is 23.5. The maximum absolute atomic E-state index is 6.88. The minimum absolute atomic E-state index is 0.0394. The second kappa shape index (κ2) is 8.06. The molecule has 2 aromatic rings. The average molecular weight is 491 g/mol. The largest absolute Gasteiger partial charge is 0.492 e. The molecule has 0 unspecified atom stereocenters. The van der Waals surface area contributed by atoms with Gasteiger partial charge in [0.25, 0.3) is 0 Å². The molecule has 4 heterocycles. The van der Waals surface area contributed by atoms with Gasteiger partial charge in [-0.3, -0.25) is 0 Å². The predicted molar refractivity (Wildman–Crippen MR) is 136 cm³/mol. The van der Waals surface area contributed by atoms with Gasteiger partial charge in [-0.2, -0.15) is 0 Å². The molecule has 0 amide bonds. The maximum atomic E-state index is 6.88. The summed E-state index contributed by atoms with van der Waals surface area (Å²) >= 11 is 0. The van der Waals surface area contributed by atoms with Gasteiger partial charge in [-0.05, 0) is 57.2 Å². The van der Waals surface area contributed by atoms with E-state index >= 15 is 0 Å². The monoisotopic (exact) mass is 490 g/mol. The van der Waals surface area contributed by atoms with Gasteiger partial charge in [0.2, 0.25) is 12.5 Å². The fourth-order valence-corrected chi connectivity index (χ4v) is 6.40. The predicted octanol–water partition coefficient (Wildman–Crippen LogP) is 5.20. The Bertz CT molecular complexity index is 1270. The van der Waals surface area contributed by atoms with Crippen molar-refractivity contribution in [3.63, 3.8) is 0 Å². The lowest BCUT2D eigenvalue weighted by Gasteiger charge is -2.50. The van der Waals surface area contributed by atoms with Gasteiger partial charge in [-0.25, -0.2) is 0 Å². The van der Waals surface area contributed by atoms with Gasteiger partial charge in [0.05, 0.1) is 39.4 Å². The molecule has 0 saturated carbocycles. The number of hydrogen-bond donors (Lipinski definition) is 0. The smallest absolute Gasteiger partial charge is 0.231 e. The molecule has 0 aliphatic carbocycles. The van der Waals surface area contributed by atoms with Crippen molar-refractivity contribution in [2.45, 2.75) is 63.4 Å². The highest BCUT2D eigenvalue weighted by atomic mass is 16.7. The molecule has 190 valence electrons. The molecule has 0 spiro atoms. The van der Waals surface area contributed by atoms with Crippen molar-refractivity contribution in [1.29, 1.82) is 0 Å². The molecule has 4 aliphatic rings. The van der Waals surface area contributed by atoms with E-state index in [9.17, 15) is 0 Å². The molecule has 36 heavy (non-hydrogen) atoms. The zero-order valence-electron chi connectivity index (χ0n) is 22.1. The number of fused-ring (bicyclic) bond motifs is 5. The number of benzene rings is 2. The maximum Gasteiger partial charge on any atom is 0.231 e. The third-order valence-corrected chi connectivity index (χ3v) is 8.53. The summed E-state index contributed by atoms with van der Waals surface area (Å²) in [6.07, 6.45) is 2.76. The number of methoxy groups -OCH3 is 1. The van der Waals surface area contributed by atoms with Crippen LogP contribution in [0.15, 0.2) is 30.3 Å². The molecule has 0 radical (unpaired) electrons. The molecule has 1 saturated heterocycles. The highest BCUT2D eigenvalue weighted by molar-refractivity contribution is 5.62. The van der Waals surface area contributed by atoms with Gasteiger partial charge in [-0.1, -0.05) is 24.1 Å². The molecule has 2 aromatic carbocycles. The second-order valence-electron chi connectivity index (χ2n) is 11.8. The van der Waals surface area contributed by atoms with Crippen molar-refractivity contribution in [2.75, 3.05) is 34.5 Å². The number of quaternary nitrogens is 1. The summed E-state index contributed by atoms with van der Waals surface area (Å²) in [6.45, 7) is 7.69. The lowest BCUT2D eigenvalue weighted by molar-refractivity contribution is -0.914. The Kier molecular flexibility index (Phi) is 5.27. The van der Waals surface area contributed by atoms with E-state index in [1.807, 2.05) is 12.1 Å². The third-order valence-electron chi connectivity index (χ3n) is 8.53. The van der Waals surface area contributed by atoms with Crippen LogP contribution in [0, 0.1) is 17.8 Å². The SMILES string of the molecule is COc1c2c(cc3c1[C@@H](C#C[C@@]1(C)CC[C@@H]4[C@@H](O1)c1ccccc1OC4(C)C)[N+](C)(C)CC3)OCO2. The zero-order chi connectivity index (χ0) is 25.3. The summed E-state index contributed by atoms with van der Waals surface area (Å²) in [5.41, 5.74) is 2.62. The molecule has 6 nitrogen and oxygen atoms in total. The van der Waals surface area contributed by atoms with Crippen molar-refractivity contribution >= 4 is 0 Å². The molecule has 6 rings (SSSR count).